The first kappa shape index (κ1) is 14.5. The van der Waals surface area contributed by atoms with Crippen molar-refractivity contribution in [2.45, 2.75) is 0 Å². The summed E-state index contributed by atoms with van der Waals surface area (Å²) in [5.41, 5.74) is -1.78. The van der Waals surface area contributed by atoms with E-state index >= 15 is 0 Å². The lowest BCUT2D eigenvalue weighted by atomic mass is 10.0. The second-order valence-corrected chi connectivity index (χ2v) is 4.05. The van der Waals surface area contributed by atoms with E-state index in [4.69, 9.17) is 5.11 Å². The standard InChI is InChI=1S/C13H6F3NO4/c14-10-2-1-9(11(15)12(10)16)6-3-7(13(18)19)5-8(4-6)17(20)21/h1-5H,(H,18,19). The second kappa shape index (κ2) is 5.23. The van der Waals surface area contributed by atoms with Crippen LogP contribution in [0.1, 0.15) is 10.4 Å². The Kier molecular flexibility index (Phi) is 3.62. The quantitative estimate of drug-likeness (QED) is 0.535. The predicted octanol–water partition coefficient (Wildman–Crippen LogP) is 3.38. The predicted molar refractivity (Wildman–Crippen MR) is 65.4 cm³/mol. The monoisotopic (exact) mass is 297 g/mol. The number of carboxylic acid groups (broad SMARTS) is 1. The van der Waals surface area contributed by atoms with Crippen molar-refractivity contribution in [1.29, 1.82) is 0 Å². The molecule has 0 bridgehead atoms. The van der Waals surface area contributed by atoms with Gasteiger partial charge in [-0.05, 0) is 23.8 Å². The molecule has 5 nitrogen and oxygen atoms in total. The number of nitrogens with zero attached hydrogens (tertiary/aromatic N) is 1. The molecular formula is C13H6F3NO4. The molecule has 8 heteroatoms. The lowest BCUT2D eigenvalue weighted by Crippen LogP contribution is -2.00. The summed E-state index contributed by atoms with van der Waals surface area (Å²) in [6, 6.07) is 4.11. The topological polar surface area (TPSA) is 80.4 Å². The van der Waals surface area contributed by atoms with Crippen molar-refractivity contribution >= 4 is 11.7 Å². The van der Waals surface area contributed by atoms with Crippen LogP contribution in [0.25, 0.3) is 11.1 Å². The largest absolute Gasteiger partial charge is 0.478 e. The van der Waals surface area contributed by atoms with Crippen LogP contribution in [0, 0.1) is 27.6 Å². The number of hydrogen-bond acceptors (Lipinski definition) is 3. The summed E-state index contributed by atoms with van der Waals surface area (Å²) in [5.74, 6) is -6.18. The van der Waals surface area contributed by atoms with Crippen LogP contribution in [0.2, 0.25) is 0 Å². The SMILES string of the molecule is O=C(O)c1cc(-c2ccc(F)c(F)c2F)cc([N+](=O)[O-])c1. The molecule has 0 atom stereocenters. The molecule has 0 aliphatic carbocycles. The van der Waals surface area contributed by atoms with Gasteiger partial charge in [0.1, 0.15) is 0 Å². The molecule has 0 aromatic heterocycles. The molecule has 0 spiro atoms. The molecule has 1 N–H and O–H groups in total. The Morgan fingerprint density at radius 2 is 1.76 bits per heavy atom. The van der Waals surface area contributed by atoms with E-state index in [-0.39, 0.29) is 5.56 Å². The molecule has 2 aromatic carbocycles. The Balaban J connectivity index is 2.71. The number of halogens is 3. The van der Waals surface area contributed by atoms with Crippen molar-refractivity contribution in [3.63, 3.8) is 0 Å². The number of carbonyl (C=O) groups is 1. The van der Waals surface area contributed by atoms with E-state index in [9.17, 15) is 28.1 Å². The van der Waals surface area contributed by atoms with Crippen molar-refractivity contribution in [1.82, 2.24) is 0 Å². The Morgan fingerprint density at radius 1 is 1.10 bits per heavy atom. The van der Waals surface area contributed by atoms with Gasteiger partial charge in [-0.15, -0.1) is 0 Å². The van der Waals surface area contributed by atoms with Crippen LogP contribution in [0.4, 0.5) is 18.9 Å². The number of benzene rings is 2. The first-order valence-corrected chi connectivity index (χ1v) is 5.48. The van der Waals surface area contributed by atoms with Gasteiger partial charge < -0.3 is 5.11 Å². The second-order valence-electron chi connectivity index (χ2n) is 4.05. The third-order valence-electron chi connectivity index (χ3n) is 2.72. The van der Waals surface area contributed by atoms with E-state index in [2.05, 4.69) is 0 Å². The Bertz CT molecular complexity index is 729. The highest BCUT2D eigenvalue weighted by Crippen LogP contribution is 2.30. The fraction of sp³-hybridized carbons (Fsp3) is 0. The van der Waals surface area contributed by atoms with Gasteiger partial charge in [0.25, 0.3) is 5.69 Å². The Labute approximate surface area is 115 Å². The fourth-order valence-corrected chi connectivity index (χ4v) is 1.74. The molecule has 2 aromatic rings. The van der Waals surface area contributed by atoms with Gasteiger partial charge in [0.05, 0.1) is 10.5 Å². The lowest BCUT2D eigenvalue weighted by molar-refractivity contribution is -0.384. The zero-order chi connectivity index (χ0) is 15.7. The van der Waals surface area contributed by atoms with Gasteiger partial charge in [-0.3, -0.25) is 10.1 Å². The van der Waals surface area contributed by atoms with E-state index in [1.54, 1.807) is 0 Å². The number of hydrogen-bond donors (Lipinski definition) is 1. The maximum atomic E-state index is 13.7. The molecule has 0 heterocycles. The van der Waals surface area contributed by atoms with Crippen LogP contribution < -0.4 is 0 Å². The van der Waals surface area contributed by atoms with Gasteiger partial charge in [0.15, 0.2) is 17.5 Å². The molecule has 0 amide bonds. The number of non-ortho nitro benzene ring substituents is 1. The summed E-state index contributed by atoms with van der Waals surface area (Å²) in [4.78, 5) is 20.8. The number of aromatic carboxylic acids is 1. The molecule has 0 aliphatic heterocycles. The number of nitro groups is 1. The molecule has 0 aliphatic rings. The Hall–Kier alpha value is -2.90. The van der Waals surface area contributed by atoms with E-state index in [1.807, 2.05) is 0 Å². The average molecular weight is 297 g/mol. The van der Waals surface area contributed by atoms with Crippen molar-refractivity contribution in [3.8, 4) is 11.1 Å². The van der Waals surface area contributed by atoms with Gasteiger partial charge in [0, 0.05) is 17.7 Å². The van der Waals surface area contributed by atoms with Crippen LogP contribution in [0.3, 0.4) is 0 Å². The van der Waals surface area contributed by atoms with E-state index in [1.165, 1.54) is 0 Å². The van der Waals surface area contributed by atoms with Crippen LogP contribution in [-0.2, 0) is 0 Å². The van der Waals surface area contributed by atoms with Crippen molar-refractivity contribution in [2.24, 2.45) is 0 Å². The minimum atomic E-state index is -1.74. The highest BCUT2D eigenvalue weighted by atomic mass is 19.2. The summed E-state index contributed by atoms with van der Waals surface area (Å²) in [7, 11) is 0. The van der Waals surface area contributed by atoms with Crippen molar-refractivity contribution in [3.05, 3.63) is 63.5 Å². The van der Waals surface area contributed by atoms with E-state index in [0.717, 1.165) is 24.3 Å². The molecule has 0 radical (unpaired) electrons. The average Bonchev–Trinajstić information content (AvgIpc) is 2.44. The van der Waals surface area contributed by atoms with Gasteiger partial charge in [0.2, 0.25) is 0 Å². The van der Waals surface area contributed by atoms with Crippen LogP contribution in [0.5, 0.6) is 0 Å². The summed E-state index contributed by atoms with van der Waals surface area (Å²) in [6.07, 6.45) is 0. The molecule has 2 rings (SSSR count). The van der Waals surface area contributed by atoms with Crippen molar-refractivity contribution < 1.29 is 28.0 Å². The van der Waals surface area contributed by atoms with Gasteiger partial charge in [-0.25, -0.2) is 18.0 Å². The first-order chi connectivity index (χ1) is 9.81. The molecule has 21 heavy (non-hydrogen) atoms. The van der Waals surface area contributed by atoms with E-state index in [0.29, 0.717) is 6.07 Å². The molecule has 0 unspecified atom stereocenters. The zero-order valence-corrected chi connectivity index (χ0v) is 10.1. The third-order valence-corrected chi connectivity index (χ3v) is 2.72. The Morgan fingerprint density at radius 3 is 2.33 bits per heavy atom. The highest BCUT2D eigenvalue weighted by molar-refractivity contribution is 5.90. The minimum absolute atomic E-state index is 0.238. The third kappa shape index (κ3) is 2.69. The maximum absolute atomic E-state index is 13.7. The summed E-state index contributed by atoms with van der Waals surface area (Å²) >= 11 is 0. The van der Waals surface area contributed by atoms with E-state index < -0.39 is 45.2 Å². The smallest absolute Gasteiger partial charge is 0.335 e. The summed E-state index contributed by atoms with van der Waals surface area (Å²) in [5, 5.41) is 19.6. The molecule has 0 saturated carbocycles. The molecule has 0 fully saturated rings. The van der Waals surface area contributed by atoms with Gasteiger partial charge >= 0.3 is 5.97 Å². The van der Waals surface area contributed by atoms with Crippen LogP contribution in [0.15, 0.2) is 30.3 Å². The highest BCUT2D eigenvalue weighted by Gasteiger charge is 2.19. The normalized spacial score (nSPS) is 10.4. The molecule has 108 valence electrons. The van der Waals surface area contributed by atoms with Gasteiger partial charge in [-0.2, -0.15) is 0 Å². The maximum Gasteiger partial charge on any atom is 0.335 e. The first-order valence-electron chi connectivity index (χ1n) is 5.48. The number of carboxylic acids is 1. The van der Waals surface area contributed by atoms with Crippen LogP contribution in [-0.4, -0.2) is 16.0 Å². The lowest BCUT2D eigenvalue weighted by Gasteiger charge is -2.06. The molecule has 0 saturated heterocycles. The minimum Gasteiger partial charge on any atom is -0.478 e. The number of nitro benzene ring substituents is 1. The van der Waals surface area contributed by atoms with Gasteiger partial charge in [-0.1, -0.05) is 0 Å². The molecular weight excluding hydrogens is 291 g/mol. The van der Waals surface area contributed by atoms with Crippen LogP contribution >= 0.6 is 0 Å². The summed E-state index contributed by atoms with van der Waals surface area (Å²) in [6.45, 7) is 0. The summed E-state index contributed by atoms with van der Waals surface area (Å²) < 4.78 is 39.7. The number of rotatable bonds is 3. The zero-order valence-electron chi connectivity index (χ0n) is 10.1. The fourth-order valence-electron chi connectivity index (χ4n) is 1.74. The van der Waals surface area contributed by atoms with Crippen molar-refractivity contribution in [2.75, 3.05) is 0 Å².